The Morgan fingerprint density at radius 1 is 0.660 bits per heavy atom. The van der Waals surface area contributed by atoms with Gasteiger partial charge < -0.3 is 4.57 Å². The van der Waals surface area contributed by atoms with Gasteiger partial charge in [-0.15, -0.1) is 11.3 Å². The van der Waals surface area contributed by atoms with E-state index in [1.807, 2.05) is 53.8 Å². The predicted octanol–water partition coefficient (Wildman–Crippen LogP) is 11.0. The summed E-state index contributed by atoms with van der Waals surface area (Å²) in [5.41, 5.74) is 8.00. The van der Waals surface area contributed by atoms with Crippen LogP contribution < -0.4 is 0 Å². The van der Waals surface area contributed by atoms with Crippen LogP contribution in [0.25, 0.3) is 70.2 Å². The minimum Gasteiger partial charge on any atom is -0.313 e. The quantitative estimate of drug-likeness (QED) is 0.197. The number of nitriles is 1. The van der Waals surface area contributed by atoms with Gasteiger partial charge >= 0.3 is 0 Å². The molecular formula is C42H28N4S. The Bertz CT molecular complexity index is 2600. The molecule has 0 saturated heterocycles. The minimum absolute atomic E-state index is 0.0438. The first kappa shape index (κ1) is 27.5. The maximum atomic E-state index is 9.37. The molecule has 1 aliphatic carbocycles. The van der Waals surface area contributed by atoms with Crippen molar-refractivity contribution >= 4 is 59.0 Å². The van der Waals surface area contributed by atoms with Crippen molar-refractivity contribution < 1.29 is 0 Å². The number of benzene rings is 5. The number of hydrogen-bond donors (Lipinski definition) is 0. The molecule has 5 aromatic carbocycles. The first-order chi connectivity index (χ1) is 23.2. The monoisotopic (exact) mass is 620 g/mol. The summed E-state index contributed by atoms with van der Waals surface area (Å²) in [4.78, 5) is 10.4. The molecule has 3 aromatic heterocycles. The van der Waals surface area contributed by atoms with Gasteiger partial charge in [0.2, 0.25) is 0 Å². The normalized spacial score (nSPS) is 16.2. The van der Waals surface area contributed by atoms with Gasteiger partial charge in [0.15, 0.2) is 0 Å². The van der Waals surface area contributed by atoms with Gasteiger partial charge in [0, 0.05) is 59.6 Å². The molecule has 1 aliphatic rings. The van der Waals surface area contributed by atoms with Crippen LogP contribution >= 0.6 is 11.3 Å². The lowest BCUT2D eigenvalue weighted by Crippen LogP contribution is -2.19. The van der Waals surface area contributed by atoms with E-state index in [-0.39, 0.29) is 11.8 Å². The highest BCUT2D eigenvalue weighted by molar-refractivity contribution is 7.25. The third-order valence-corrected chi connectivity index (χ3v) is 10.6. The number of para-hydroxylation sites is 1. The Balaban J connectivity index is 1.21. The first-order valence-corrected chi connectivity index (χ1v) is 16.7. The van der Waals surface area contributed by atoms with E-state index in [2.05, 4.69) is 115 Å². The Morgan fingerprint density at radius 2 is 1.36 bits per heavy atom. The van der Waals surface area contributed by atoms with Crippen LogP contribution in [0, 0.1) is 17.2 Å². The lowest BCUT2D eigenvalue weighted by molar-refractivity contribution is 0.601. The molecule has 47 heavy (non-hydrogen) atoms. The molecule has 0 amide bonds. The van der Waals surface area contributed by atoms with E-state index in [0.717, 1.165) is 28.3 Å². The highest BCUT2D eigenvalue weighted by Crippen LogP contribution is 2.44. The maximum Gasteiger partial charge on any atom is 0.137 e. The average molecular weight is 621 g/mol. The van der Waals surface area contributed by atoms with Crippen LogP contribution in [-0.4, -0.2) is 14.5 Å². The Kier molecular flexibility index (Phi) is 6.38. The number of rotatable bonds is 4. The van der Waals surface area contributed by atoms with E-state index < -0.39 is 0 Å². The summed E-state index contributed by atoms with van der Waals surface area (Å²) < 4.78 is 5.08. The van der Waals surface area contributed by atoms with Crippen LogP contribution in [0.1, 0.15) is 24.2 Å². The van der Waals surface area contributed by atoms with Gasteiger partial charge in [-0.05, 0) is 48.5 Å². The van der Waals surface area contributed by atoms with E-state index in [1.165, 1.54) is 47.7 Å². The summed E-state index contributed by atoms with van der Waals surface area (Å²) in [6, 6.07) is 44.4. The molecule has 0 bridgehead atoms. The Labute approximate surface area is 276 Å². The largest absolute Gasteiger partial charge is 0.313 e. The van der Waals surface area contributed by atoms with Crippen LogP contribution in [0.4, 0.5) is 0 Å². The Morgan fingerprint density at radius 3 is 2.15 bits per heavy atom. The fourth-order valence-electron chi connectivity index (χ4n) is 7.06. The second-order valence-corrected chi connectivity index (χ2v) is 13.2. The Hall–Kier alpha value is -5.83. The number of hydrogen-bond acceptors (Lipinski definition) is 4. The smallest absolute Gasteiger partial charge is 0.137 e. The molecule has 9 rings (SSSR count). The molecule has 5 heteroatoms. The van der Waals surface area contributed by atoms with Crippen molar-refractivity contribution in [1.29, 1.82) is 5.26 Å². The molecule has 0 spiro atoms. The summed E-state index contributed by atoms with van der Waals surface area (Å²) in [6.07, 6.45) is 6.66. The highest BCUT2D eigenvalue weighted by Gasteiger charge is 2.29. The first-order valence-electron chi connectivity index (χ1n) is 15.8. The summed E-state index contributed by atoms with van der Waals surface area (Å²) in [5, 5.41) is 14.5. The molecule has 0 radical (unpaired) electrons. The fourth-order valence-corrected chi connectivity index (χ4v) is 8.19. The van der Waals surface area contributed by atoms with Gasteiger partial charge in [-0.25, -0.2) is 9.97 Å². The topological polar surface area (TPSA) is 54.5 Å². The van der Waals surface area contributed by atoms with Crippen LogP contribution in [0.3, 0.4) is 0 Å². The van der Waals surface area contributed by atoms with Crippen LogP contribution in [0.5, 0.6) is 0 Å². The van der Waals surface area contributed by atoms with Crippen molar-refractivity contribution in [2.45, 2.75) is 12.8 Å². The van der Waals surface area contributed by atoms with Crippen molar-refractivity contribution in [3.05, 3.63) is 151 Å². The van der Waals surface area contributed by atoms with E-state index in [4.69, 9.17) is 9.97 Å². The average Bonchev–Trinajstić information content (AvgIpc) is 3.66. The number of aromatic nitrogens is 3. The van der Waals surface area contributed by atoms with Crippen molar-refractivity contribution in [3.8, 4) is 28.6 Å². The zero-order valence-electron chi connectivity index (χ0n) is 25.6. The summed E-state index contributed by atoms with van der Waals surface area (Å²) in [6.45, 7) is 2.29. The van der Waals surface area contributed by atoms with Crippen LogP contribution in [0.15, 0.2) is 140 Å². The van der Waals surface area contributed by atoms with E-state index in [1.54, 1.807) is 0 Å². The molecule has 0 saturated carbocycles. The lowest BCUT2D eigenvalue weighted by atomic mass is 9.85. The SMILES string of the molecule is CC1C(n2c3ccccc3c3cc4sc5ccccc5c4cc32)=CC=CC1c1nc(-c2ccccc2)cc(-c2ccc(C#N)cc2)n1. The van der Waals surface area contributed by atoms with Gasteiger partial charge in [0.05, 0.1) is 34.1 Å². The molecule has 0 N–H and O–H groups in total. The lowest BCUT2D eigenvalue weighted by Gasteiger charge is -2.28. The number of nitrogens with zero attached hydrogens (tertiary/aromatic N) is 4. The molecule has 2 atom stereocenters. The van der Waals surface area contributed by atoms with E-state index in [0.29, 0.717) is 5.56 Å². The fraction of sp³-hybridized carbons (Fsp3) is 0.0714. The third-order valence-electron chi connectivity index (χ3n) is 9.44. The van der Waals surface area contributed by atoms with Crippen LogP contribution in [-0.2, 0) is 0 Å². The summed E-state index contributed by atoms with van der Waals surface area (Å²) in [7, 11) is 0. The molecule has 2 unspecified atom stereocenters. The van der Waals surface area contributed by atoms with E-state index in [9.17, 15) is 5.26 Å². The zero-order chi connectivity index (χ0) is 31.5. The molecular weight excluding hydrogens is 593 g/mol. The van der Waals surface area contributed by atoms with Gasteiger partial charge in [-0.3, -0.25) is 0 Å². The van der Waals surface area contributed by atoms with E-state index >= 15 is 0 Å². The van der Waals surface area contributed by atoms with Crippen LogP contribution in [0.2, 0.25) is 0 Å². The highest BCUT2D eigenvalue weighted by atomic mass is 32.1. The van der Waals surface area contributed by atoms with Gasteiger partial charge in [0.1, 0.15) is 5.82 Å². The molecule has 0 aliphatic heterocycles. The van der Waals surface area contributed by atoms with Gasteiger partial charge in [-0.1, -0.05) is 97.9 Å². The molecule has 4 nitrogen and oxygen atoms in total. The summed E-state index contributed by atoms with van der Waals surface area (Å²) >= 11 is 1.86. The summed E-state index contributed by atoms with van der Waals surface area (Å²) in [5.74, 6) is 0.832. The van der Waals surface area contributed by atoms with Crippen molar-refractivity contribution in [2.24, 2.45) is 5.92 Å². The second kappa shape index (κ2) is 10.9. The second-order valence-electron chi connectivity index (χ2n) is 12.2. The van der Waals surface area contributed by atoms with Gasteiger partial charge in [0.25, 0.3) is 0 Å². The zero-order valence-corrected chi connectivity index (χ0v) is 26.4. The standard InChI is InChI=1S/C42H28N4S/c1-26-30(42-44-35(28-10-3-2-4-11-28)24-36(45-42)29-20-18-27(25-43)19-21-29)14-9-16-37(26)46-38-15-7-5-12-31(38)33-23-41-34(22-39(33)46)32-13-6-8-17-40(32)47-41/h2-24,26,30H,1H3. The van der Waals surface area contributed by atoms with Crippen molar-refractivity contribution in [2.75, 3.05) is 0 Å². The van der Waals surface area contributed by atoms with Gasteiger partial charge in [-0.2, -0.15) is 5.26 Å². The molecule has 8 aromatic rings. The minimum atomic E-state index is -0.0438. The molecule has 0 fully saturated rings. The third kappa shape index (κ3) is 4.49. The molecule has 3 heterocycles. The maximum absolute atomic E-state index is 9.37. The number of thiophene rings is 1. The predicted molar refractivity (Wildman–Crippen MR) is 195 cm³/mol. The number of allylic oxidation sites excluding steroid dienone is 4. The van der Waals surface area contributed by atoms with Crippen molar-refractivity contribution in [3.63, 3.8) is 0 Å². The number of fused-ring (bicyclic) bond motifs is 6. The molecule has 222 valence electrons. The van der Waals surface area contributed by atoms with Crippen molar-refractivity contribution in [1.82, 2.24) is 14.5 Å².